The Balaban J connectivity index is 1.58. The minimum Gasteiger partial charge on any atom is -0.481 e. The predicted molar refractivity (Wildman–Crippen MR) is 121 cm³/mol. The summed E-state index contributed by atoms with van der Waals surface area (Å²) in [4.78, 5) is 15.8. The second-order valence-electron chi connectivity index (χ2n) is 8.66. The molecule has 1 aromatic carbocycles. The fourth-order valence-corrected chi connectivity index (χ4v) is 4.37. The van der Waals surface area contributed by atoms with Gasteiger partial charge in [-0.2, -0.15) is 5.10 Å². The number of primary sulfonamides is 1. The Labute approximate surface area is 192 Å². The second-order valence-corrected chi connectivity index (χ2v) is 10.2. The molecule has 1 saturated carbocycles. The summed E-state index contributed by atoms with van der Waals surface area (Å²) in [7, 11) is -3.82. The molecule has 9 nitrogen and oxygen atoms in total. The summed E-state index contributed by atoms with van der Waals surface area (Å²) in [5.41, 5.74) is 2.99. The highest BCUT2D eigenvalue weighted by Gasteiger charge is 2.47. The number of carboxylic acids is 1. The van der Waals surface area contributed by atoms with E-state index in [-0.39, 0.29) is 23.8 Å². The maximum absolute atomic E-state index is 11.6. The van der Waals surface area contributed by atoms with Crippen molar-refractivity contribution in [1.82, 2.24) is 14.8 Å². The number of nitrogens with two attached hydrogens (primary N) is 1. The first-order chi connectivity index (χ1) is 15.6. The number of hydrogen-bond donors (Lipinski definition) is 2. The van der Waals surface area contributed by atoms with E-state index in [1.807, 2.05) is 38.1 Å². The smallest absolute Gasteiger partial charge is 0.307 e. The number of rotatable bonds is 9. The maximum atomic E-state index is 11.6. The van der Waals surface area contributed by atoms with Crippen LogP contribution in [0.25, 0.3) is 11.1 Å². The number of pyridine rings is 1. The summed E-state index contributed by atoms with van der Waals surface area (Å²) in [6.45, 7) is 4.34. The molecule has 10 heteroatoms. The van der Waals surface area contributed by atoms with Crippen LogP contribution in [-0.2, 0) is 26.8 Å². The molecule has 3 N–H and O–H groups in total. The van der Waals surface area contributed by atoms with E-state index in [9.17, 15) is 18.3 Å². The number of aromatic nitrogens is 3. The molecule has 0 atom stereocenters. The molecule has 1 fully saturated rings. The molecule has 2 aromatic heterocycles. The number of aliphatic carboxylic acids is 1. The van der Waals surface area contributed by atoms with Gasteiger partial charge in [-0.05, 0) is 47.1 Å². The summed E-state index contributed by atoms with van der Waals surface area (Å²) < 4.78 is 30.7. The SMILES string of the molecule is CC(C)c1cccc(-c2ccnc(OCC3(n4cc(S(N)(=O)=O)cn4)CC3)c2)c1CC(=O)O. The molecule has 0 saturated heterocycles. The molecule has 3 aromatic rings. The Morgan fingerprint density at radius 2 is 2.06 bits per heavy atom. The zero-order valence-electron chi connectivity index (χ0n) is 18.4. The Kier molecular flexibility index (Phi) is 5.98. The van der Waals surface area contributed by atoms with Crippen molar-refractivity contribution in [3.8, 4) is 17.0 Å². The van der Waals surface area contributed by atoms with Gasteiger partial charge in [-0.15, -0.1) is 0 Å². The molecular weight excluding hydrogens is 444 g/mol. The quantitative estimate of drug-likeness (QED) is 0.490. The van der Waals surface area contributed by atoms with Crippen LogP contribution in [0.5, 0.6) is 5.88 Å². The summed E-state index contributed by atoms with van der Waals surface area (Å²) in [5.74, 6) is -0.305. The maximum Gasteiger partial charge on any atom is 0.307 e. The highest BCUT2D eigenvalue weighted by molar-refractivity contribution is 7.89. The van der Waals surface area contributed by atoms with E-state index >= 15 is 0 Å². The first-order valence-electron chi connectivity index (χ1n) is 10.6. The van der Waals surface area contributed by atoms with Crippen molar-refractivity contribution in [1.29, 1.82) is 0 Å². The van der Waals surface area contributed by atoms with Gasteiger partial charge in [-0.3, -0.25) is 9.48 Å². The Hall–Kier alpha value is -3.24. The molecule has 1 aliphatic carbocycles. The Bertz CT molecular complexity index is 1300. The van der Waals surface area contributed by atoms with Gasteiger partial charge in [-0.1, -0.05) is 32.0 Å². The van der Waals surface area contributed by atoms with E-state index in [1.165, 1.54) is 12.4 Å². The molecule has 174 valence electrons. The van der Waals surface area contributed by atoms with Crippen molar-refractivity contribution in [3.63, 3.8) is 0 Å². The lowest BCUT2D eigenvalue weighted by atomic mass is 9.89. The minimum absolute atomic E-state index is 0.0371. The van der Waals surface area contributed by atoms with Crippen molar-refractivity contribution < 1.29 is 23.1 Å². The fraction of sp³-hybridized carbons (Fsp3) is 0.348. The summed E-state index contributed by atoms with van der Waals surface area (Å²) in [6, 6.07) is 9.42. The number of nitrogens with zero attached hydrogens (tertiary/aromatic N) is 3. The third-order valence-corrected chi connectivity index (χ3v) is 6.77. The number of sulfonamides is 1. The molecule has 0 spiro atoms. The number of carboxylic acid groups (broad SMARTS) is 1. The average molecular weight is 471 g/mol. The van der Waals surface area contributed by atoms with Crippen molar-refractivity contribution >= 4 is 16.0 Å². The molecule has 4 rings (SSSR count). The van der Waals surface area contributed by atoms with Gasteiger partial charge < -0.3 is 9.84 Å². The highest BCUT2D eigenvalue weighted by Crippen LogP contribution is 2.43. The topological polar surface area (TPSA) is 137 Å². The van der Waals surface area contributed by atoms with Gasteiger partial charge in [0.2, 0.25) is 15.9 Å². The zero-order valence-corrected chi connectivity index (χ0v) is 19.2. The van der Waals surface area contributed by atoms with E-state index < -0.39 is 21.5 Å². The van der Waals surface area contributed by atoms with Gasteiger partial charge in [0.15, 0.2) is 0 Å². The molecule has 0 aliphatic heterocycles. The second kappa shape index (κ2) is 8.60. The minimum atomic E-state index is -3.82. The van der Waals surface area contributed by atoms with Gasteiger partial charge in [0, 0.05) is 18.5 Å². The van der Waals surface area contributed by atoms with E-state index in [2.05, 4.69) is 10.1 Å². The fourth-order valence-electron chi connectivity index (χ4n) is 3.93. The number of carbonyl (C=O) groups is 1. The highest BCUT2D eigenvalue weighted by atomic mass is 32.2. The average Bonchev–Trinajstić information content (AvgIpc) is 3.36. The van der Waals surface area contributed by atoms with Crippen LogP contribution < -0.4 is 9.88 Å². The predicted octanol–water partition coefficient (Wildman–Crippen LogP) is 2.91. The lowest BCUT2D eigenvalue weighted by Crippen LogP contribution is -2.26. The zero-order chi connectivity index (χ0) is 23.8. The van der Waals surface area contributed by atoms with Crippen LogP contribution in [0.2, 0.25) is 0 Å². The lowest BCUT2D eigenvalue weighted by Gasteiger charge is -2.18. The Morgan fingerprint density at radius 3 is 2.67 bits per heavy atom. The summed E-state index contributed by atoms with van der Waals surface area (Å²) in [5, 5.41) is 18.8. The van der Waals surface area contributed by atoms with E-state index in [1.54, 1.807) is 16.9 Å². The van der Waals surface area contributed by atoms with Crippen LogP contribution in [-0.4, -0.2) is 40.9 Å². The van der Waals surface area contributed by atoms with Crippen LogP contribution in [0.15, 0.2) is 53.8 Å². The largest absolute Gasteiger partial charge is 0.481 e. The molecule has 2 heterocycles. The van der Waals surface area contributed by atoms with Gasteiger partial charge in [-0.25, -0.2) is 18.5 Å². The molecule has 0 bridgehead atoms. The molecule has 33 heavy (non-hydrogen) atoms. The van der Waals surface area contributed by atoms with Crippen LogP contribution in [0.1, 0.15) is 43.7 Å². The molecule has 1 aliphatic rings. The van der Waals surface area contributed by atoms with Gasteiger partial charge in [0.25, 0.3) is 0 Å². The van der Waals surface area contributed by atoms with E-state index in [0.29, 0.717) is 5.88 Å². The van der Waals surface area contributed by atoms with Crippen LogP contribution in [0.4, 0.5) is 0 Å². The molecule has 0 radical (unpaired) electrons. The van der Waals surface area contributed by atoms with Gasteiger partial charge >= 0.3 is 5.97 Å². The number of ether oxygens (including phenoxy) is 1. The van der Waals surface area contributed by atoms with Crippen LogP contribution in [0, 0.1) is 0 Å². The van der Waals surface area contributed by atoms with Crippen molar-refractivity contribution in [2.45, 2.75) is 49.5 Å². The first-order valence-corrected chi connectivity index (χ1v) is 12.1. The Morgan fingerprint density at radius 1 is 1.30 bits per heavy atom. The molecule has 0 unspecified atom stereocenters. The van der Waals surface area contributed by atoms with Crippen molar-refractivity contribution in [2.75, 3.05) is 6.61 Å². The lowest BCUT2D eigenvalue weighted by molar-refractivity contribution is -0.136. The van der Waals surface area contributed by atoms with Crippen LogP contribution >= 0.6 is 0 Å². The third kappa shape index (κ3) is 4.91. The van der Waals surface area contributed by atoms with E-state index in [4.69, 9.17) is 9.88 Å². The standard InChI is InChI=1S/C23H26N4O5S/c1-15(2)18-4-3-5-19(20(18)11-22(28)29)16-6-9-25-21(10-16)32-14-23(7-8-23)27-13-17(12-26-27)33(24,30)31/h3-6,9-10,12-13,15H,7-8,11,14H2,1-2H3,(H,28,29)(H2,24,30,31). The van der Waals surface area contributed by atoms with E-state index in [0.717, 1.165) is 35.1 Å². The summed E-state index contributed by atoms with van der Waals surface area (Å²) in [6.07, 6.45) is 5.79. The molecule has 0 amide bonds. The molecular formula is C23H26N4O5S. The van der Waals surface area contributed by atoms with Gasteiger partial charge in [0.05, 0.1) is 18.2 Å². The van der Waals surface area contributed by atoms with Gasteiger partial charge in [0.1, 0.15) is 11.5 Å². The third-order valence-electron chi connectivity index (χ3n) is 5.90. The normalized spacial score (nSPS) is 14.9. The van der Waals surface area contributed by atoms with Crippen molar-refractivity contribution in [2.24, 2.45) is 5.14 Å². The first kappa shape index (κ1) is 22.9. The summed E-state index contributed by atoms with van der Waals surface area (Å²) >= 11 is 0. The van der Waals surface area contributed by atoms with Crippen molar-refractivity contribution in [3.05, 3.63) is 60.0 Å². The number of benzene rings is 1. The van der Waals surface area contributed by atoms with Crippen LogP contribution in [0.3, 0.4) is 0 Å². The monoisotopic (exact) mass is 470 g/mol. The number of hydrogen-bond acceptors (Lipinski definition) is 6.